The van der Waals surface area contributed by atoms with Crippen LogP contribution in [0.4, 0.5) is 0 Å². The summed E-state index contributed by atoms with van der Waals surface area (Å²) in [6.07, 6.45) is 5.11. The van der Waals surface area contributed by atoms with Crippen molar-refractivity contribution in [3.8, 4) is 11.5 Å². The highest BCUT2D eigenvalue weighted by Crippen LogP contribution is 2.44. The number of thioether (sulfide) groups is 2. The van der Waals surface area contributed by atoms with Crippen molar-refractivity contribution in [2.75, 3.05) is 18.3 Å². The fourth-order valence-electron chi connectivity index (χ4n) is 1.97. The van der Waals surface area contributed by atoms with Gasteiger partial charge in [-0.25, -0.2) is 0 Å². The van der Waals surface area contributed by atoms with E-state index in [2.05, 4.69) is 49.5 Å². The van der Waals surface area contributed by atoms with E-state index < -0.39 is 0 Å². The highest BCUT2D eigenvalue weighted by molar-refractivity contribution is 8.16. The van der Waals surface area contributed by atoms with Gasteiger partial charge in [0.2, 0.25) is 6.79 Å². The summed E-state index contributed by atoms with van der Waals surface area (Å²) in [6.45, 7) is 4.86. The number of rotatable bonds is 9. The molecular formula is C16H24O2S2. The predicted molar refractivity (Wildman–Crippen MR) is 90.0 cm³/mol. The fourth-order valence-corrected chi connectivity index (χ4v) is 4.95. The van der Waals surface area contributed by atoms with Gasteiger partial charge in [-0.2, -0.15) is 0 Å². The quantitative estimate of drug-likeness (QED) is 0.444. The summed E-state index contributed by atoms with van der Waals surface area (Å²) in [4.78, 5) is 0. The second-order valence-corrected chi connectivity index (χ2v) is 7.62. The molecule has 0 saturated heterocycles. The van der Waals surface area contributed by atoms with E-state index in [0.717, 1.165) is 11.5 Å². The van der Waals surface area contributed by atoms with Crippen molar-refractivity contribution in [3.05, 3.63) is 23.8 Å². The number of hydrogen-bond donors (Lipinski definition) is 0. The molecule has 112 valence electrons. The minimum atomic E-state index is 0.357. The lowest BCUT2D eigenvalue weighted by Crippen LogP contribution is -1.94. The van der Waals surface area contributed by atoms with Crippen LogP contribution in [0, 0.1) is 0 Å². The first-order chi connectivity index (χ1) is 9.85. The smallest absolute Gasteiger partial charge is 0.231 e. The van der Waals surface area contributed by atoms with Gasteiger partial charge in [-0.15, -0.1) is 23.5 Å². The van der Waals surface area contributed by atoms with E-state index in [4.69, 9.17) is 9.47 Å². The number of fused-ring (bicyclic) bond motifs is 1. The molecule has 0 spiro atoms. The minimum absolute atomic E-state index is 0.357. The van der Waals surface area contributed by atoms with Crippen LogP contribution in [0.3, 0.4) is 0 Å². The molecule has 2 nitrogen and oxygen atoms in total. The van der Waals surface area contributed by atoms with Gasteiger partial charge in [0.25, 0.3) is 0 Å². The second-order valence-electron chi connectivity index (χ2n) is 4.89. The molecule has 1 heterocycles. The molecule has 0 radical (unpaired) electrons. The van der Waals surface area contributed by atoms with Gasteiger partial charge in [0.1, 0.15) is 0 Å². The summed E-state index contributed by atoms with van der Waals surface area (Å²) in [6, 6.07) is 6.40. The van der Waals surface area contributed by atoms with Crippen LogP contribution in [0.1, 0.15) is 49.7 Å². The molecule has 0 unspecified atom stereocenters. The predicted octanol–water partition coefficient (Wildman–Crippen LogP) is 5.48. The molecule has 1 aromatic rings. The maximum Gasteiger partial charge on any atom is 0.231 e. The van der Waals surface area contributed by atoms with Gasteiger partial charge in [-0.05, 0) is 42.0 Å². The third-order valence-corrected chi connectivity index (χ3v) is 6.22. The van der Waals surface area contributed by atoms with E-state index >= 15 is 0 Å². The Labute approximate surface area is 131 Å². The first-order valence-electron chi connectivity index (χ1n) is 7.48. The molecule has 1 aliphatic rings. The van der Waals surface area contributed by atoms with Crippen molar-refractivity contribution in [1.29, 1.82) is 0 Å². The minimum Gasteiger partial charge on any atom is -0.454 e. The van der Waals surface area contributed by atoms with Crippen LogP contribution in [-0.2, 0) is 0 Å². The number of ether oxygens (including phenoxy) is 2. The van der Waals surface area contributed by atoms with Crippen molar-refractivity contribution in [1.82, 2.24) is 0 Å². The summed E-state index contributed by atoms with van der Waals surface area (Å²) in [5.74, 6) is 4.24. The molecule has 0 amide bonds. The summed E-state index contributed by atoms with van der Waals surface area (Å²) in [5, 5.41) is 0. The van der Waals surface area contributed by atoms with Crippen molar-refractivity contribution < 1.29 is 9.47 Å². The topological polar surface area (TPSA) is 18.5 Å². The lowest BCUT2D eigenvalue weighted by atomic mass is 10.2. The number of hydrogen-bond acceptors (Lipinski definition) is 4. The monoisotopic (exact) mass is 312 g/mol. The maximum absolute atomic E-state index is 5.50. The first-order valence-corrected chi connectivity index (χ1v) is 9.57. The SMILES string of the molecule is CCCCSC(SCCCC)c1ccc2c(c1)OCO2. The third kappa shape index (κ3) is 4.52. The van der Waals surface area contributed by atoms with Gasteiger partial charge in [-0.1, -0.05) is 32.8 Å². The maximum atomic E-state index is 5.50. The lowest BCUT2D eigenvalue weighted by molar-refractivity contribution is 0.174. The zero-order valence-corrected chi connectivity index (χ0v) is 14.0. The fraction of sp³-hybridized carbons (Fsp3) is 0.625. The molecule has 2 rings (SSSR count). The zero-order chi connectivity index (χ0) is 14.2. The van der Waals surface area contributed by atoms with Crippen molar-refractivity contribution in [2.45, 2.75) is 44.1 Å². The Morgan fingerprint density at radius 1 is 1.00 bits per heavy atom. The number of benzene rings is 1. The standard InChI is InChI=1S/C16H24O2S2/c1-3-5-9-19-16(20-10-6-4-2)13-7-8-14-15(11-13)18-12-17-14/h7-8,11,16H,3-6,9-10,12H2,1-2H3. The largest absolute Gasteiger partial charge is 0.454 e. The Morgan fingerprint density at radius 3 is 2.30 bits per heavy atom. The highest BCUT2D eigenvalue weighted by Gasteiger charge is 2.18. The molecule has 0 N–H and O–H groups in total. The number of unbranched alkanes of at least 4 members (excludes halogenated alkanes) is 2. The van der Waals surface area contributed by atoms with Gasteiger partial charge in [0, 0.05) is 0 Å². The van der Waals surface area contributed by atoms with Crippen molar-refractivity contribution in [2.24, 2.45) is 0 Å². The van der Waals surface area contributed by atoms with E-state index in [-0.39, 0.29) is 0 Å². The van der Waals surface area contributed by atoms with Crippen molar-refractivity contribution in [3.63, 3.8) is 0 Å². The Kier molecular flexibility index (Phi) is 6.94. The summed E-state index contributed by atoms with van der Waals surface area (Å²) >= 11 is 4.12. The Morgan fingerprint density at radius 2 is 1.65 bits per heavy atom. The van der Waals surface area contributed by atoms with E-state index in [1.807, 2.05) is 6.07 Å². The lowest BCUT2D eigenvalue weighted by Gasteiger charge is -2.17. The van der Waals surface area contributed by atoms with Crippen LogP contribution >= 0.6 is 23.5 Å². The average molecular weight is 312 g/mol. The van der Waals surface area contributed by atoms with Gasteiger partial charge >= 0.3 is 0 Å². The van der Waals surface area contributed by atoms with E-state index in [1.54, 1.807) is 0 Å². The van der Waals surface area contributed by atoms with Crippen LogP contribution < -0.4 is 9.47 Å². The molecule has 20 heavy (non-hydrogen) atoms. The van der Waals surface area contributed by atoms with Gasteiger partial charge in [-0.3, -0.25) is 0 Å². The summed E-state index contributed by atoms with van der Waals surface area (Å²) < 4.78 is 11.4. The van der Waals surface area contributed by atoms with Crippen LogP contribution in [0.5, 0.6) is 11.5 Å². The molecular weight excluding hydrogens is 288 g/mol. The van der Waals surface area contributed by atoms with Gasteiger partial charge in [0.05, 0.1) is 4.58 Å². The summed E-state index contributed by atoms with van der Waals surface area (Å²) in [7, 11) is 0. The molecule has 4 heteroatoms. The first kappa shape index (κ1) is 15.9. The van der Waals surface area contributed by atoms with Gasteiger partial charge in [0.15, 0.2) is 11.5 Å². The van der Waals surface area contributed by atoms with Crippen LogP contribution in [0.25, 0.3) is 0 Å². The van der Waals surface area contributed by atoms with E-state index in [9.17, 15) is 0 Å². The normalized spacial score (nSPS) is 13.2. The molecule has 0 bridgehead atoms. The van der Waals surface area contributed by atoms with Crippen LogP contribution in [-0.4, -0.2) is 18.3 Å². The third-order valence-electron chi connectivity index (χ3n) is 3.20. The van der Waals surface area contributed by atoms with Crippen LogP contribution in [0.15, 0.2) is 18.2 Å². The summed E-state index contributed by atoms with van der Waals surface area (Å²) in [5.41, 5.74) is 1.36. The highest BCUT2D eigenvalue weighted by atomic mass is 32.2. The molecule has 0 aliphatic carbocycles. The molecule has 1 aromatic carbocycles. The van der Waals surface area contributed by atoms with E-state index in [0.29, 0.717) is 11.4 Å². The molecule has 0 atom stereocenters. The Bertz CT molecular complexity index is 399. The van der Waals surface area contributed by atoms with Crippen molar-refractivity contribution >= 4 is 23.5 Å². The second kappa shape index (κ2) is 8.73. The van der Waals surface area contributed by atoms with Crippen LogP contribution in [0.2, 0.25) is 0 Å². The van der Waals surface area contributed by atoms with Gasteiger partial charge < -0.3 is 9.47 Å². The average Bonchev–Trinajstić information content (AvgIpc) is 2.93. The molecule has 0 saturated carbocycles. The van der Waals surface area contributed by atoms with E-state index in [1.165, 1.54) is 42.8 Å². The Hall–Kier alpha value is -0.480. The Balaban J connectivity index is 2.00. The molecule has 0 fully saturated rings. The molecule has 1 aliphatic heterocycles. The molecule has 0 aromatic heterocycles. The zero-order valence-electron chi connectivity index (χ0n) is 12.4.